The van der Waals surface area contributed by atoms with E-state index in [4.69, 9.17) is 4.74 Å². The third-order valence-corrected chi connectivity index (χ3v) is 8.97. The number of hydrogen-bond acceptors (Lipinski definition) is 3. The Morgan fingerprint density at radius 3 is 2.43 bits per heavy atom. The van der Waals surface area contributed by atoms with Crippen LogP contribution in [0.2, 0.25) is 0 Å². The summed E-state index contributed by atoms with van der Waals surface area (Å²) in [6, 6.07) is 6.59. The molecule has 2 aliphatic carbocycles. The Labute approximate surface area is 260 Å². The SMILES string of the molecule is C=C.C=C.C=CC1=CC=C(c2cccc(F)c2)CC=N1.CC.CC[C@H]1OC(=O)[C@]2(CC)CC3(CC)CCCC=C3C[C@H]12.[HH].[HH].[HH]. The molecule has 1 unspecified atom stereocenters. The third-order valence-electron chi connectivity index (χ3n) is 8.97. The summed E-state index contributed by atoms with van der Waals surface area (Å²) in [5.74, 6) is 0.316. The standard InChI is InChI=1S/C18H28O2.C14H12FN.C2H6.2C2H4.3H2/c1-4-15-14-11-13-9-7-8-10-17(13,5-2)12-18(14,6-3)16(19)20-15;1-2-14-7-6-11(8-9-16-14)12-4-3-5-13(15)10-12;3*1-2;;;/h9,14-15H,4-8,10-12H2,1-3H3;2-7,9-10H,1,8H2;1-2H3;2*1-2H2;3*1H/t14-,15-,17?,18-;;;;;;;/m1......./s1. The van der Waals surface area contributed by atoms with Crippen LogP contribution in [-0.2, 0) is 9.53 Å². The summed E-state index contributed by atoms with van der Waals surface area (Å²) in [7, 11) is 0. The molecule has 1 aromatic rings. The minimum absolute atomic E-state index is 0. The van der Waals surface area contributed by atoms with Crippen LogP contribution in [-0.4, -0.2) is 18.3 Å². The molecule has 2 aliphatic heterocycles. The maximum absolute atomic E-state index is 13.1. The number of carbonyl (C=O) groups is 1. The summed E-state index contributed by atoms with van der Waals surface area (Å²) in [5, 5.41) is 0. The molecule has 4 atom stereocenters. The van der Waals surface area contributed by atoms with Crippen molar-refractivity contribution >= 4 is 17.8 Å². The minimum atomic E-state index is -0.215. The van der Waals surface area contributed by atoms with E-state index in [1.807, 2.05) is 38.3 Å². The van der Waals surface area contributed by atoms with Gasteiger partial charge in [0.25, 0.3) is 0 Å². The van der Waals surface area contributed by atoms with Gasteiger partial charge in [0.15, 0.2) is 0 Å². The summed E-state index contributed by atoms with van der Waals surface area (Å²) in [4.78, 5) is 16.8. The van der Waals surface area contributed by atoms with Gasteiger partial charge in [0, 0.05) is 22.8 Å². The number of halogens is 1. The van der Waals surface area contributed by atoms with Gasteiger partial charge in [-0.25, -0.2) is 4.39 Å². The summed E-state index contributed by atoms with van der Waals surface area (Å²) in [6.45, 7) is 26.3. The van der Waals surface area contributed by atoms with Crippen LogP contribution in [0.5, 0.6) is 0 Å². The molecule has 3 nitrogen and oxygen atoms in total. The molecule has 0 radical (unpaired) electrons. The van der Waals surface area contributed by atoms with Crippen LogP contribution < -0.4 is 0 Å². The number of rotatable bonds is 5. The maximum atomic E-state index is 13.1. The fourth-order valence-corrected chi connectivity index (χ4v) is 6.81. The van der Waals surface area contributed by atoms with E-state index < -0.39 is 0 Å². The molecule has 0 N–H and O–H groups in total. The number of cyclic esters (lactones) is 1. The van der Waals surface area contributed by atoms with E-state index in [9.17, 15) is 9.18 Å². The largest absolute Gasteiger partial charge is 0.462 e. The average molecular weight is 582 g/mol. The van der Waals surface area contributed by atoms with Crippen molar-refractivity contribution in [3.63, 3.8) is 0 Å². The summed E-state index contributed by atoms with van der Waals surface area (Å²) in [5.41, 5.74) is 4.54. The number of allylic oxidation sites excluding steroid dienone is 6. The number of benzene rings is 1. The second kappa shape index (κ2) is 18.3. The smallest absolute Gasteiger partial charge is 0.312 e. The number of ether oxygens (including phenoxy) is 1. The Balaban J connectivity index is -0.000000645. The van der Waals surface area contributed by atoms with E-state index in [1.165, 1.54) is 37.8 Å². The molecule has 0 spiro atoms. The van der Waals surface area contributed by atoms with Crippen molar-refractivity contribution < 1.29 is 18.2 Å². The molecule has 2 heterocycles. The molecule has 1 saturated heterocycles. The second-order valence-corrected chi connectivity index (χ2v) is 10.6. The fourth-order valence-electron chi connectivity index (χ4n) is 6.81. The van der Waals surface area contributed by atoms with E-state index in [-0.39, 0.29) is 27.6 Å². The molecule has 2 fully saturated rings. The summed E-state index contributed by atoms with van der Waals surface area (Å²) in [6.07, 6.45) is 19.7. The van der Waals surface area contributed by atoms with Gasteiger partial charge >= 0.3 is 5.97 Å². The lowest BCUT2D eigenvalue weighted by atomic mass is 9.51. The monoisotopic (exact) mass is 581 g/mol. The molecule has 0 bridgehead atoms. The first-order chi connectivity index (χ1) is 20.4. The van der Waals surface area contributed by atoms with E-state index in [2.05, 4.69) is 64.7 Å². The second-order valence-electron chi connectivity index (χ2n) is 10.6. The zero-order valence-corrected chi connectivity index (χ0v) is 26.9. The number of aliphatic imine (C=N–C) groups is 1. The Morgan fingerprint density at radius 2 is 1.83 bits per heavy atom. The van der Waals surface area contributed by atoms with Gasteiger partial charge in [-0.05, 0) is 92.2 Å². The summed E-state index contributed by atoms with van der Waals surface area (Å²) >= 11 is 0. The first-order valence-corrected chi connectivity index (χ1v) is 15.6. The van der Waals surface area contributed by atoms with Crippen LogP contribution in [0.25, 0.3) is 5.57 Å². The molecule has 4 aliphatic rings. The van der Waals surface area contributed by atoms with E-state index >= 15 is 0 Å². The predicted molar refractivity (Wildman–Crippen MR) is 186 cm³/mol. The molecule has 236 valence electrons. The lowest BCUT2D eigenvalue weighted by Gasteiger charge is -2.51. The lowest BCUT2D eigenvalue weighted by Crippen LogP contribution is -2.46. The normalized spacial score (nSPS) is 26.8. The maximum Gasteiger partial charge on any atom is 0.312 e. The van der Waals surface area contributed by atoms with E-state index in [0.717, 1.165) is 42.5 Å². The third kappa shape index (κ3) is 8.18. The number of nitrogens with zero attached hydrogens (tertiary/aromatic N) is 1. The highest BCUT2D eigenvalue weighted by Crippen LogP contribution is 2.63. The van der Waals surface area contributed by atoms with Gasteiger partial charge in [0.2, 0.25) is 0 Å². The molecule has 5 rings (SSSR count). The number of carbonyl (C=O) groups excluding carboxylic acids is 1. The van der Waals surface area contributed by atoms with Crippen molar-refractivity contribution in [2.75, 3.05) is 0 Å². The quantitative estimate of drug-likeness (QED) is 0.256. The first kappa shape index (κ1) is 36.8. The highest BCUT2D eigenvalue weighted by atomic mass is 19.1. The van der Waals surface area contributed by atoms with Crippen molar-refractivity contribution in [1.29, 1.82) is 0 Å². The molecule has 1 aromatic carbocycles. The zero-order valence-electron chi connectivity index (χ0n) is 26.9. The number of hydrogen-bond donors (Lipinski definition) is 0. The van der Waals surface area contributed by atoms with Crippen molar-refractivity contribution in [2.45, 2.75) is 98.5 Å². The van der Waals surface area contributed by atoms with Crippen LogP contribution in [0.1, 0.15) is 102 Å². The van der Waals surface area contributed by atoms with Crippen molar-refractivity contribution in [1.82, 2.24) is 0 Å². The fraction of sp³-hybridized carbons (Fsp3) is 0.474. The van der Waals surface area contributed by atoms with Crippen LogP contribution in [0.3, 0.4) is 0 Å². The van der Waals surface area contributed by atoms with Crippen molar-refractivity contribution in [3.05, 3.63) is 104 Å². The Morgan fingerprint density at radius 1 is 1.12 bits per heavy atom. The Bertz CT molecular complexity index is 1160. The molecular formula is C38H60FNO2. The lowest BCUT2D eigenvalue weighted by molar-refractivity contribution is -0.151. The molecular weight excluding hydrogens is 521 g/mol. The first-order valence-electron chi connectivity index (χ1n) is 15.6. The minimum Gasteiger partial charge on any atom is -0.462 e. The van der Waals surface area contributed by atoms with Crippen LogP contribution >= 0.6 is 0 Å². The molecule has 4 heteroatoms. The van der Waals surface area contributed by atoms with Gasteiger partial charge in [-0.1, -0.05) is 71.1 Å². The average Bonchev–Trinajstić information content (AvgIpc) is 3.18. The van der Waals surface area contributed by atoms with Gasteiger partial charge in [-0.3, -0.25) is 9.79 Å². The van der Waals surface area contributed by atoms with Crippen molar-refractivity contribution in [3.8, 4) is 0 Å². The number of esters is 1. The van der Waals surface area contributed by atoms with Gasteiger partial charge in [0.05, 0.1) is 11.1 Å². The zero-order chi connectivity index (χ0) is 31.8. The van der Waals surface area contributed by atoms with Gasteiger partial charge in [-0.2, -0.15) is 0 Å². The topological polar surface area (TPSA) is 38.7 Å². The highest BCUT2D eigenvalue weighted by molar-refractivity contribution is 5.82. The number of fused-ring (bicyclic) bond motifs is 2. The van der Waals surface area contributed by atoms with Crippen molar-refractivity contribution in [2.24, 2.45) is 21.7 Å². The van der Waals surface area contributed by atoms with Gasteiger partial charge in [-0.15, -0.1) is 26.3 Å². The van der Waals surface area contributed by atoms with E-state index in [1.54, 1.807) is 17.7 Å². The van der Waals surface area contributed by atoms with E-state index in [0.29, 0.717) is 17.8 Å². The molecule has 0 aromatic heterocycles. The predicted octanol–water partition coefficient (Wildman–Crippen LogP) is 11.8. The van der Waals surface area contributed by atoms with Gasteiger partial charge in [0.1, 0.15) is 11.9 Å². The highest BCUT2D eigenvalue weighted by Gasteiger charge is 2.62. The summed E-state index contributed by atoms with van der Waals surface area (Å²) < 4.78 is 18.9. The van der Waals surface area contributed by atoms with Gasteiger partial charge < -0.3 is 4.74 Å². The Hall–Kier alpha value is -3.27. The van der Waals surface area contributed by atoms with Crippen LogP contribution in [0.15, 0.2) is 97.7 Å². The Kier molecular flexibility index (Phi) is 16.0. The van der Waals surface area contributed by atoms with Crippen LogP contribution in [0.4, 0.5) is 4.39 Å². The molecule has 1 saturated carbocycles. The molecule has 0 amide bonds. The van der Waals surface area contributed by atoms with Crippen LogP contribution in [0, 0.1) is 22.6 Å². The molecule has 42 heavy (non-hydrogen) atoms.